The highest BCUT2D eigenvalue weighted by Crippen LogP contribution is 2.38. The maximum absolute atomic E-state index is 13.8. The van der Waals surface area contributed by atoms with Crippen molar-refractivity contribution in [3.63, 3.8) is 0 Å². The molecule has 0 amide bonds. The highest BCUT2D eigenvalue weighted by molar-refractivity contribution is 5.65. The van der Waals surface area contributed by atoms with Crippen LogP contribution in [-0.4, -0.2) is 30.8 Å². The zero-order chi connectivity index (χ0) is 14.8. The van der Waals surface area contributed by atoms with Crippen molar-refractivity contribution in [3.8, 4) is 0 Å². The van der Waals surface area contributed by atoms with Gasteiger partial charge in [-0.3, -0.25) is 0 Å². The lowest BCUT2D eigenvalue weighted by Crippen LogP contribution is -2.28. The van der Waals surface area contributed by atoms with Crippen LogP contribution >= 0.6 is 0 Å². The molecule has 21 heavy (non-hydrogen) atoms. The average molecular weight is 293 g/mol. The maximum Gasteiger partial charge on any atom is 0.129 e. The molecule has 2 nitrogen and oxygen atoms in total. The largest absolute Gasteiger partial charge is 0.303 e. The lowest BCUT2D eigenvalue weighted by atomic mass is 9.74. The first-order chi connectivity index (χ1) is 10.2. The molecule has 4 heteroatoms. The molecule has 0 bridgehead atoms. The zero-order valence-corrected chi connectivity index (χ0v) is 12.2. The van der Waals surface area contributed by atoms with E-state index in [1.54, 1.807) is 0 Å². The number of carbonyl (C=O) groups is 1. The van der Waals surface area contributed by atoms with E-state index in [4.69, 9.17) is 0 Å². The van der Waals surface area contributed by atoms with E-state index in [1.165, 1.54) is 18.9 Å². The lowest BCUT2D eigenvalue weighted by molar-refractivity contribution is -0.110. The molecule has 1 fully saturated rings. The topological polar surface area (TPSA) is 20.3 Å². The minimum Gasteiger partial charge on any atom is -0.303 e. The van der Waals surface area contributed by atoms with Gasteiger partial charge >= 0.3 is 0 Å². The van der Waals surface area contributed by atoms with Gasteiger partial charge in [0.2, 0.25) is 0 Å². The van der Waals surface area contributed by atoms with E-state index in [0.717, 1.165) is 44.8 Å². The summed E-state index contributed by atoms with van der Waals surface area (Å²) in [5.74, 6) is -1.24. The maximum atomic E-state index is 13.8. The molecule has 2 atom stereocenters. The molecule has 1 aromatic rings. The Morgan fingerprint density at radius 2 is 2.00 bits per heavy atom. The standard InChI is InChI=1S/C17H21F2NO/c18-13-9-15-14(17(19)10-13)4-3-12(16(15)11-21)5-8-20-6-1-2-7-20/h9-12,16H,1-8H2. The molecule has 1 aromatic carbocycles. The monoisotopic (exact) mass is 293 g/mol. The third-order valence-electron chi connectivity index (χ3n) is 4.99. The Morgan fingerprint density at radius 1 is 1.24 bits per heavy atom. The summed E-state index contributed by atoms with van der Waals surface area (Å²) >= 11 is 0. The number of hydrogen-bond acceptors (Lipinski definition) is 2. The first-order valence-electron chi connectivity index (χ1n) is 7.84. The number of hydrogen-bond donors (Lipinski definition) is 0. The normalized spacial score (nSPS) is 25.8. The first kappa shape index (κ1) is 14.6. The highest BCUT2D eigenvalue weighted by Gasteiger charge is 2.31. The predicted octanol–water partition coefficient (Wildman–Crippen LogP) is 3.30. The van der Waals surface area contributed by atoms with Crippen LogP contribution in [0.3, 0.4) is 0 Å². The van der Waals surface area contributed by atoms with Crippen molar-refractivity contribution in [1.29, 1.82) is 0 Å². The summed E-state index contributed by atoms with van der Waals surface area (Å²) in [7, 11) is 0. The van der Waals surface area contributed by atoms with Gasteiger partial charge in [0, 0.05) is 12.0 Å². The number of benzene rings is 1. The van der Waals surface area contributed by atoms with Crippen molar-refractivity contribution in [2.75, 3.05) is 19.6 Å². The van der Waals surface area contributed by atoms with Gasteiger partial charge in [0.15, 0.2) is 0 Å². The molecule has 1 saturated heterocycles. The van der Waals surface area contributed by atoms with Crippen molar-refractivity contribution >= 4 is 6.29 Å². The number of likely N-dealkylation sites (tertiary alicyclic amines) is 1. The number of fused-ring (bicyclic) bond motifs is 1. The lowest BCUT2D eigenvalue weighted by Gasteiger charge is -2.31. The summed E-state index contributed by atoms with van der Waals surface area (Å²) in [5, 5.41) is 0. The van der Waals surface area contributed by atoms with Crippen LogP contribution in [0.1, 0.15) is 42.7 Å². The Kier molecular flexibility index (Phi) is 4.34. The van der Waals surface area contributed by atoms with Gasteiger partial charge in [-0.15, -0.1) is 0 Å². The summed E-state index contributed by atoms with van der Waals surface area (Å²) < 4.78 is 27.3. The summed E-state index contributed by atoms with van der Waals surface area (Å²) in [6, 6.07) is 2.27. The Hall–Kier alpha value is -1.29. The van der Waals surface area contributed by atoms with Gasteiger partial charge in [0.1, 0.15) is 17.9 Å². The van der Waals surface area contributed by atoms with Crippen LogP contribution in [-0.2, 0) is 11.2 Å². The SMILES string of the molecule is O=CC1c2cc(F)cc(F)c2CCC1CCN1CCCC1. The second-order valence-electron chi connectivity index (χ2n) is 6.25. The summed E-state index contributed by atoms with van der Waals surface area (Å²) in [6.45, 7) is 3.26. The molecule has 0 saturated carbocycles. The number of aldehydes is 1. The molecule has 0 N–H and O–H groups in total. The van der Waals surface area contributed by atoms with Crippen LogP contribution in [0.25, 0.3) is 0 Å². The molecule has 0 spiro atoms. The minimum absolute atomic E-state index is 0.205. The van der Waals surface area contributed by atoms with Gasteiger partial charge in [-0.05, 0) is 74.8 Å². The highest BCUT2D eigenvalue weighted by atomic mass is 19.1. The van der Waals surface area contributed by atoms with Crippen LogP contribution < -0.4 is 0 Å². The van der Waals surface area contributed by atoms with Crippen LogP contribution in [0.5, 0.6) is 0 Å². The number of rotatable bonds is 4. The van der Waals surface area contributed by atoms with Crippen molar-refractivity contribution < 1.29 is 13.6 Å². The van der Waals surface area contributed by atoms with Gasteiger partial charge in [-0.1, -0.05) is 0 Å². The van der Waals surface area contributed by atoms with E-state index < -0.39 is 11.6 Å². The van der Waals surface area contributed by atoms with E-state index in [1.807, 2.05) is 0 Å². The molecule has 3 rings (SSSR count). The van der Waals surface area contributed by atoms with Crippen molar-refractivity contribution in [1.82, 2.24) is 4.90 Å². The second-order valence-corrected chi connectivity index (χ2v) is 6.25. The fourth-order valence-electron chi connectivity index (χ4n) is 3.81. The van der Waals surface area contributed by atoms with Crippen molar-refractivity contribution in [3.05, 3.63) is 34.9 Å². The fourth-order valence-corrected chi connectivity index (χ4v) is 3.81. The average Bonchev–Trinajstić information content (AvgIpc) is 2.97. The molecule has 2 unspecified atom stereocenters. The van der Waals surface area contributed by atoms with E-state index in [2.05, 4.69) is 4.90 Å². The Balaban J connectivity index is 1.76. The molecule has 1 aliphatic heterocycles. The second kappa shape index (κ2) is 6.22. The van der Waals surface area contributed by atoms with Gasteiger partial charge in [-0.2, -0.15) is 0 Å². The first-order valence-corrected chi connectivity index (χ1v) is 7.84. The molecular formula is C17H21F2NO. The minimum atomic E-state index is -0.585. The number of halogens is 2. The Bertz CT molecular complexity index is 526. The summed E-state index contributed by atoms with van der Waals surface area (Å²) in [5.41, 5.74) is 1.10. The summed E-state index contributed by atoms with van der Waals surface area (Å²) in [4.78, 5) is 13.9. The molecule has 1 aliphatic carbocycles. The van der Waals surface area contributed by atoms with Crippen LogP contribution in [0.2, 0.25) is 0 Å². The Labute approximate surface area is 124 Å². The predicted molar refractivity (Wildman–Crippen MR) is 77.3 cm³/mol. The smallest absolute Gasteiger partial charge is 0.129 e. The van der Waals surface area contributed by atoms with E-state index in [0.29, 0.717) is 17.5 Å². The number of nitrogens with zero attached hydrogens (tertiary/aromatic N) is 1. The third kappa shape index (κ3) is 3.00. The number of carbonyl (C=O) groups excluding carboxylic acids is 1. The van der Waals surface area contributed by atoms with E-state index >= 15 is 0 Å². The van der Waals surface area contributed by atoms with Gasteiger partial charge in [0.05, 0.1) is 0 Å². The fraction of sp³-hybridized carbons (Fsp3) is 0.588. The molecule has 0 aromatic heterocycles. The van der Waals surface area contributed by atoms with Crippen molar-refractivity contribution in [2.24, 2.45) is 5.92 Å². The molecule has 114 valence electrons. The van der Waals surface area contributed by atoms with Gasteiger partial charge in [-0.25, -0.2) is 8.78 Å². The molecule has 2 aliphatic rings. The molecule has 0 radical (unpaired) electrons. The quantitative estimate of drug-likeness (QED) is 0.794. The van der Waals surface area contributed by atoms with Gasteiger partial charge in [0.25, 0.3) is 0 Å². The third-order valence-corrected chi connectivity index (χ3v) is 4.99. The summed E-state index contributed by atoms with van der Waals surface area (Å²) in [6.07, 6.45) is 5.73. The van der Waals surface area contributed by atoms with Crippen LogP contribution in [0.4, 0.5) is 8.78 Å². The van der Waals surface area contributed by atoms with Crippen LogP contribution in [0, 0.1) is 17.6 Å². The van der Waals surface area contributed by atoms with Crippen LogP contribution in [0.15, 0.2) is 12.1 Å². The van der Waals surface area contributed by atoms with Gasteiger partial charge < -0.3 is 9.69 Å². The zero-order valence-electron chi connectivity index (χ0n) is 12.2. The van der Waals surface area contributed by atoms with Crippen molar-refractivity contribution in [2.45, 2.75) is 38.0 Å². The Morgan fingerprint density at radius 3 is 2.71 bits per heavy atom. The molecule has 1 heterocycles. The van der Waals surface area contributed by atoms with E-state index in [-0.39, 0.29) is 11.8 Å². The van der Waals surface area contributed by atoms with E-state index in [9.17, 15) is 13.6 Å². The molecular weight excluding hydrogens is 272 g/mol.